The lowest BCUT2D eigenvalue weighted by Gasteiger charge is -2.13. The van der Waals surface area contributed by atoms with E-state index in [9.17, 15) is 4.39 Å². The van der Waals surface area contributed by atoms with Gasteiger partial charge in [0.25, 0.3) is 0 Å². The summed E-state index contributed by atoms with van der Waals surface area (Å²) in [5.41, 5.74) is 8.68. The number of anilines is 1. The number of nitrogens with two attached hydrogens (primary N) is 1. The molecule has 0 atom stereocenters. The van der Waals surface area contributed by atoms with E-state index in [0.717, 1.165) is 35.4 Å². The number of rotatable bonds is 7. The van der Waals surface area contributed by atoms with Crippen molar-refractivity contribution >= 4 is 11.3 Å². The van der Waals surface area contributed by atoms with Crippen molar-refractivity contribution in [3.8, 4) is 34.4 Å². The van der Waals surface area contributed by atoms with Crippen LogP contribution in [0.1, 0.15) is 44.3 Å². The van der Waals surface area contributed by atoms with Crippen LogP contribution in [0.5, 0.6) is 23.1 Å². The molecule has 1 fully saturated rings. The van der Waals surface area contributed by atoms with Crippen LogP contribution < -0.4 is 19.9 Å². The van der Waals surface area contributed by atoms with Gasteiger partial charge in [-0.15, -0.1) is 0 Å². The lowest BCUT2D eigenvalue weighted by molar-refractivity contribution is 0.319. The van der Waals surface area contributed by atoms with Gasteiger partial charge in [0.15, 0.2) is 11.5 Å². The molecule has 1 saturated carbocycles. The monoisotopic (exact) mass is 462 g/mol. The van der Waals surface area contributed by atoms with Crippen molar-refractivity contribution in [2.75, 3.05) is 19.5 Å². The molecule has 34 heavy (non-hydrogen) atoms. The highest BCUT2D eigenvalue weighted by molar-refractivity contribution is 5.86. The van der Waals surface area contributed by atoms with Crippen LogP contribution in [0.15, 0.2) is 48.7 Å². The Labute approximate surface area is 197 Å². The Morgan fingerprint density at radius 3 is 2.53 bits per heavy atom. The highest BCUT2D eigenvalue weighted by Gasteiger charge is 2.27. The molecule has 0 aliphatic heterocycles. The molecule has 4 aromatic rings. The molecular formula is C26H27FN4O3. The molecule has 0 amide bonds. The van der Waals surface area contributed by atoms with Crippen LogP contribution >= 0.6 is 0 Å². The van der Waals surface area contributed by atoms with E-state index in [1.165, 1.54) is 20.0 Å². The summed E-state index contributed by atoms with van der Waals surface area (Å²) in [6.45, 7) is 2.46. The van der Waals surface area contributed by atoms with Gasteiger partial charge in [-0.3, -0.25) is 4.40 Å². The smallest absolute Gasteiger partial charge is 0.218 e. The van der Waals surface area contributed by atoms with Crippen LogP contribution in [-0.2, 0) is 0 Å². The number of nitrogens with zero attached hydrogens (tertiary/aromatic N) is 3. The number of hydrogen-bond donors (Lipinski definition) is 1. The Hall–Kier alpha value is -3.81. The molecule has 176 valence electrons. The molecular weight excluding hydrogens is 435 g/mol. The fourth-order valence-electron chi connectivity index (χ4n) is 4.58. The summed E-state index contributed by atoms with van der Waals surface area (Å²) in [5.74, 6) is 2.52. The first kappa shape index (κ1) is 22.0. The minimum atomic E-state index is -0.544. The van der Waals surface area contributed by atoms with Gasteiger partial charge in [0.1, 0.15) is 28.6 Å². The summed E-state index contributed by atoms with van der Waals surface area (Å²) < 4.78 is 33.2. The molecule has 5 rings (SSSR count). The summed E-state index contributed by atoms with van der Waals surface area (Å²) in [6, 6.07) is 12.1. The van der Waals surface area contributed by atoms with Gasteiger partial charge in [0.2, 0.25) is 11.7 Å². The number of benzene rings is 2. The van der Waals surface area contributed by atoms with E-state index in [1.54, 1.807) is 36.5 Å². The Morgan fingerprint density at radius 2 is 1.82 bits per heavy atom. The zero-order chi connectivity index (χ0) is 23.7. The second kappa shape index (κ2) is 9.21. The maximum Gasteiger partial charge on any atom is 0.218 e. The molecule has 1 aliphatic carbocycles. The number of methoxy groups -OCH3 is 1. The van der Waals surface area contributed by atoms with Crippen LogP contribution in [0.4, 0.5) is 10.2 Å². The van der Waals surface area contributed by atoms with Crippen LogP contribution in [0.2, 0.25) is 0 Å². The topological polar surface area (TPSA) is 83.9 Å². The number of nitrogen functional groups attached to an aromatic ring is 1. The van der Waals surface area contributed by atoms with E-state index in [-0.39, 0.29) is 11.5 Å². The van der Waals surface area contributed by atoms with Gasteiger partial charge in [-0.05, 0) is 56.2 Å². The number of halogens is 1. The predicted molar refractivity (Wildman–Crippen MR) is 128 cm³/mol. The highest BCUT2D eigenvalue weighted by Crippen LogP contribution is 2.40. The minimum absolute atomic E-state index is 0.0952. The first-order valence-corrected chi connectivity index (χ1v) is 11.5. The van der Waals surface area contributed by atoms with Crippen molar-refractivity contribution < 1.29 is 18.6 Å². The molecule has 2 aromatic heterocycles. The van der Waals surface area contributed by atoms with Gasteiger partial charge < -0.3 is 19.9 Å². The van der Waals surface area contributed by atoms with E-state index in [0.29, 0.717) is 30.0 Å². The second-order valence-electron chi connectivity index (χ2n) is 8.30. The van der Waals surface area contributed by atoms with Gasteiger partial charge in [-0.25, -0.2) is 9.97 Å². The first-order valence-electron chi connectivity index (χ1n) is 11.5. The normalized spacial score (nSPS) is 14.0. The van der Waals surface area contributed by atoms with Crippen molar-refractivity contribution in [2.24, 2.45) is 0 Å². The molecule has 2 heterocycles. The predicted octanol–water partition coefficient (Wildman–Crippen LogP) is 5.97. The number of imidazole rings is 1. The number of aromatic nitrogens is 3. The SMILES string of the molecule is CCOc1cnc(N)c2c(-c3ccc(Oc4cccc(OC)c4F)cc3)nc(C3CCCC3)n12. The molecule has 2 N–H and O–H groups in total. The third-order valence-electron chi connectivity index (χ3n) is 6.20. The molecule has 7 nitrogen and oxygen atoms in total. The van der Waals surface area contributed by atoms with E-state index >= 15 is 0 Å². The molecule has 2 aromatic carbocycles. The number of hydrogen-bond acceptors (Lipinski definition) is 6. The summed E-state index contributed by atoms with van der Waals surface area (Å²) in [6.07, 6.45) is 6.21. The Kier molecular flexibility index (Phi) is 5.96. The average molecular weight is 463 g/mol. The highest BCUT2D eigenvalue weighted by atomic mass is 19.1. The molecule has 0 saturated heterocycles. The third kappa shape index (κ3) is 3.89. The largest absolute Gasteiger partial charge is 0.494 e. The van der Waals surface area contributed by atoms with E-state index in [2.05, 4.69) is 4.98 Å². The van der Waals surface area contributed by atoms with Gasteiger partial charge in [0, 0.05) is 11.5 Å². The fraction of sp³-hybridized carbons (Fsp3) is 0.308. The zero-order valence-electron chi connectivity index (χ0n) is 19.3. The molecule has 8 heteroatoms. The van der Waals surface area contributed by atoms with Crippen LogP contribution in [0.25, 0.3) is 16.8 Å². The van der Waals surface area contributed by atoms with E-state index in [4.69, 9.17) is 24.9 Å². The van der Waals surface area contributed by atoms with Crippen molar-refractivity contribution in [2.45, 2.75) is 38.5 Å². The van der Waals surface area contributed by atoms with Crippen LogP contribution in [0, 0.1) is 5.82 Å². The summed E-state index contributed by atoms with van der Waals surface area (Å²) in [5, 5.41) is 0. The molecule has 1 aliphatic rings. The van der Waals surface area contributed by atoms with Gasteiger partial charge in [-0.1, -0.05) is 18.9 Å². The molecule has 0 bridgehead atoms. The second-order valence-corrected chi connectivity index (χ2v) is 8.30. The standard InChI is InChI=1S/C26H27FN4O3/c1-3-33-21-15-29-25(28)24-23(30-26(31(21)24)17-7-4-5-8-17)16-11-13-18(14-12-16)34-20-10-6-9-19(32-2)22(20)27/h6,9-15,17H,3-5,7-8H2,1-2H3,(H2,28,29). The maximum absolute atomic E-state index is 14.5. The van der Waals surface area contributed by atoms with Crippen molar-refractivity contribution in [1.82, 2.24) is 14.4 Å². The Balaban J connectivity index is 1.55. The summed E-state index contributed by atoms with van der Waals surface area (Å²) >= 11 is 0. The number of ether oxygens (including phenoxy) is 3. The van der Waals surface area contributed by atoms with Crippen molar-refractivity contribution in [1.29, 1.82) is 0 Å². The Morgan fingerprint density at radius 1 is 1.09 bits per heavy atom. The van der Waals surface area contributed by atoms with Crippen molar-refractivity contribution in [3.63, 3.8) is 0 Å². The van der Waals surface area contributed by atoms with E-state index in [1.807, 2.05) is 23.5 Å². The maximum atomic E-state index is 14.5. The minimum Gasteiger partial charge on any atom is -0.494 e. The molecule has 0 unspecified atom stereocenters. The van der Waals surface area contributed by atoms with Gasteiger partial charge in [-0.2, -0.15) is 4.39 Å². The number of fused-ring (bicyclic) bond motifs is 1. The molecule has 0 radical (unpaired) electrons. The summed E-state index contributed by atoms with van der Waals surface area (Å²) in [4.78, 5) is 9.41. The Bertz CT molecular complexity index is 1310. The van der Waals surface area contributed by atoms with Gasteiger partial charge >= 0.3 is 0 Å². The van der Waals surface area contributed by atoms with Crippen LogP contribution in [-0.4, -0.2) is 28.1 Å². The van der Waals surface area contributed by atoms with E-state index < -0.39 is 5.82 Å². The molecule has 0 spiro atoms. The fourth-order valence-corrected chi connectivity index (χ4v) is 4.58. The average Bonchev–Trinajstić information content (AvgIpc) is 3.52. The lowest BCUT2D eigenvalue weighted by atomic mass is 10.1. The van der Waals surface area contributed by atoms with Crippen LogP contribution in [0.3, 0.4) is 0 Å². The lowest BCUT2D eigenvalue weighted by Crippen LogP contribution is -2.07. The quantitative estimate of drug-likeness (QED) is 0.364. The third-order valence-corrected chi connectivity index (χ3v) is 6.20. The van der Waals surface area contributed by atoms with Crippen molar-refractivity contribution in [3.05, 3.63) is 60.3 Å². The first-order chi connectivity index (χ1) is 16.6. The zero-order valence-corrected chi connectivity index (χ0v) is 19.3. The summed E-state index contributed by atoms with van der Waals surface area (Å²) in [7, 11) is 1.42. The van der Waals surface area contributed by atoms with Gasteiger partial charge in [0.05, 0.1) is 19.9 Å².